The minimum absolute atomic E-state index is 0.0850. The van der Waals surface area contributed by atoms with E-state index in [0.29, 0.717) is 0 Å². The van der Waals surface area contributed by atoms with Crippen LogP contribution in [-0.2, 0) is 0 Å². The lowest BCUT2D eigenvalue weighted by Crippen LogP contribution is -2.46. The average Bonchev–Trinajstić information content (AvgIpc) is 2.58. The maximum atomic E-state index is 4.01. The molecule has 1 nitrogen and oxygen atoms in total. The number of likely N-dealkylation sites (N-methyl/N-ethyl adjacent to an activating group) is 1. The van der Waals surface area contributed by atoms with Crippen LogP contribution in [0.4, 0.5) is 5.69 Å². The quantitative estimate of drug-likeness (QED) is 0.601. The van der Waals surface area contributed by atoms with Crippen molar-refractivity contribution in [3.05, 3.63) is 85.0 Å². The molecule has 1 aliphatic carbocycles. The molecule has 0 amide bonds. The van der Waals surface area contributed by atoms with Crippen molar-refractivity contribution in [1.29, 1.82) is 0 Å². The molecule has 0 aliphatic heterocycles. The standard InChI is InChI=1S/C22H27N/c1-6-17-22(5)19(8-3)11-10-12-21(22)23(9-4)20-15-13-18(7-2)14-16-20/h6-8,10-17,21H,2-3,9H2,1,4-5H3. The maximum Gasteiger partial charge on any atom is 0.0604 e. The molecule has 1 heteroatoms. The third-order valence-corrected chi connectivity index (χ3v) is 4.68. The predicted octanol–water partition coefficient (Wildman–Crippen LogP) is 5.79. The van der Waals surface area contributed by atoms with Gasteiger partial charge in [-0.3, -0.25) is 0 Å². The molecule has 1 aromatic rings. The van der Waals surface area contributed by atoms with Crippen molar-refractivity contribution in [2.45, 2.75) is 26.8 Å². The molecule has 0 radical (unpaired) electrons. The van der Waals surface area contributed by atoms with Crippen LogP contribution in [0.15, 0.2) is 79.5 Å². The van der Waals surface area contributed by atoms with Gasteiger partial charge in [-0.1, -0.05) is 67.8 Å². The molecule has 2 unspecified atom stereocenters. The molecule has 0 saturated carbocycles. The number of nitrogens with zero attached hydrogens (tertiary/aromatic N) is 1. The van der Waals surface area contributed by atoms with Crippen molar-refractivity contribution in [3.63, 3.8) is 0 Å². The fourth-order valence-corrected chi connectivity index (χ4v) is 3.41. The van der Waals surface area contributed by atoms with Crippen molar-refractivity contribution in [2.75, 3.05) is 11.4 Å². The zero-order valence-electron chi connectivity index (χ0n) is 14.5. The van der Waals surface area contributed by atoms with Crippen molar-refractivity contribution in [3.8, 4) is 0 Å². The van der Waals surface area contributed by atoms with Crippen LogP contribution in [0.5, 0.6) is 0 Å². The normalized spacial score (nSPS) is 23.6. The predicted molar refractivity (Wildman–Crippen MR) is 104 cm³/mol. The summed E-state index contributed by atoms with van der Waals surface area (Å²) in [4.78, 5) is 2.44. The molecule has 0 bridgehead atoms. The van der Waals surface area contributed by atoms with E-state index in [2.05, 4.69) is 93.5 Å². The van der Waals surface area contributed by atoms with Gasteiger partial charge in [-0.25, -0.2) is 0 Å². The van der Waals surface area contributed by atoms with Crippen LogP contribution in [-0.4, -0.2) is 12.6 Å². The third-order valence-electron chi connectivity index (χ3n) is 4.68. The number of hydrogen-bond acceptors (Lipinski definition) is 1. The van der Waals surface area contributed by atoms with Crippen LogP contribution in [0.1, 0.15) is 26.3 Å². The van der Waals surface area contributed by atoms with Gasteiger partial charge < -0.3 is 4.90 Å². The Morgan fingerprint density at radius 3 is 2.39 bits per heavy atom. The van der Waals surface area contributed by atoms with Gasteiger partial charge in [0.1, 0.15) is 0 Å². The molecule has 0 N–H and O–H groups in total. The summed E-state index contributed by atoms with van der Waals surface area (Å²) in [6, 6.07) is 8.85. The van der Waals surface area contributed by atoms with E-state index in [9.17, 15) is 0 Å². The van der Waals surface area contributed by atoms with Crippen molar-refractivity contribution < 1.29 is 0 Å². The molecule has 0 saturated heterocycles. The zero-order chi connectivity index (χ0) is 16.9. The Kier molecular flexibility index (Phi) is 5.44. The molecule has 23 heavy (non-hydrogen) atoms. The summed E-state index contributed by atoms with van der Waals surface area (Å²) in [7, 11) is 0. The topological polar surface area (TPSA) is 3.24 Å². The summed E-state index contributed by atoms with van der Waals surface area (Å²) in [6.07, 6.45) is 14.9. The summed E-state index contributed by atoms with van der Waals surface area (Å²) in [6.45, 7) is 15.4. The number of hydrogen-bond donors (Lipinski definition) is 0. The Bertz CT molecular complexity index is 645. The van der Waals surface area contributed by atoms with E-state index in [0.717, 1.165) is 12.1 Å². The first-order valence-corrected chi connectivity index (χ1v) is 8.25. The molecule has 2 rings (SSSR count). The maximum absolute atomic E-state index is 4.01. The van der Waals surface area contributed by atoms with E-state index in [4.69, 9.17) is 0 Å². The SMILES string of the molecule is C=CC1=CC=CC(N(CC)c2ccc(C=C)cc2)C1(C)C=CC. The summed E-state index contributed by atoms with van der Waals surface area (Å²) in [5, 5.41) is 0. The van der Waals surface area contributed by atoms with Crippen LogP contribution < -0.4 is 4.90 Å². The van der Waals surface area contributed by atoms with Gasteiger partial charge in [-0.15, -0.1) is 0 Å². The summed E-state index contributed by atoms with van der Waals surface area (Å²) in [5.41, 5.74) is 3.54. The van der Waals surface area contributed by atoms with E-state index in [1.165, 1.54) is 11.3 Å². The number of anilines is 1. The highest BCUT2D eigenvalue weighted by atomic mass is 15.2. The Morgan fingerprint density at radius 2 is 1.87 bits per heavy atom. The Balaban J connectivity index is 2.46. The smallest absolute Gasteiger partial charge is 0.0604 e. The van der Waals surface area contributed by atoms with Gasteiger partial charge in [0.25, 0.3) is 0 Å². The second kappa shape index (κ2) is 7.32. The fourth-order valence-electron chi connectivity index (χ4n) is 3.41. The van der Waals surface area contributed by atoms with Crippen molar-refractivity contribution in [1.82, 2.24) is 0 Å². The second-order valence-corrected chi connectivity index (χ2v) is 6.02. The average molecular weight is 305 g/mol. The van der Waals surface area contributed by atoms with Gasteiger partial charge in [0.2, 0.25) is 0 Å². The first kappa shape index (κ1) is 17.1. The third kappa shape index (κ3) is 3.24. The minimum atomic E-state index is -0.0850. The summed E-state index contributed by atoms with van der Waals surface area (Å²) >= 11 is 0. The van der Waals surface area contributed by atoms with Crippen LogP contribution in [0.25, 0.3) is 6.08 Å². The zero-order valence-corrected chi connectivity index (χ0v) is 14.5. The molecule has 0 fully saturated rings. The van der Waals surface area contributed by atoms with E-state index >= 15 is 0 Å². The highest BCUT2D eigenvalue weighted by Crippen LogP contribution is 2.41. The van der Waals surface area contributed by atoms with E-state index < -0.39 is 0 Å². The molecular weight excluding hydrogens is 278 g/mol. The lowest BCUT2D eigenvalue weighted by molar-refractivity contribution is 0.433. The largest absolute Gasteiger partial charge is 0.364 e. The van der Waals surface area contributed by atoms with Gasteiger partial charge >= 0.3 is 0 Å². The van der Waals surface area contributed by atoms with Crippen LogP contribution in [0, 0.1) is 5.41 Å². The minimum Gasteiger partial charge on any atom is -0.364 e. The Hall–Kier alpha value is -2.28. The molecule has 1 aromatic carbocycles. The first-order valence-electron chi connectivity index (χ1n) is 8.25. The first-order chi connectivity index (χ1) is 11.1. The molecule has 0 spiro atoms. The van der Waals surface area contributed by atoms with Gasteiger partial charge in [0.05, 0.1) is 6.04 Å². The summed E-state index contributed by atoms with van der Waals surface area (Å²) < 4.78 is 0. The van der Waals surface area contributed by atoms with Crippen molar-refractivity contribution >= 4 is 11.8 Å². The van der Waals surface area contributed by atoms with E-state index in [1.54, 1.807) is 0 Å². The van der Waals surface area contributed by atoms with Crippen LogP contribution >= 0.6 is 0 Å². The molecule has 1 aliphatic rings. The second-order valence-electron chi connectivity index (χ2n) is 6.02. The monoisotopic (exact) mass is 305 g/mol. The molecule has 2 atom stereocenters. The molecule has 0 aromatic heterocycles. The van der Waals surface area contributed by atoms with Crippen molar-refractivity contribution in [2.24, 2.45) is 5.41 Å². The van der Waals surface area contributed by atoms with Gasteiger partial charge in [-0.05, 0) is 44.0 Å². The van der Waals surface area contributed by atoms with E-state index in [1.807, 2.05) is 12.2 Å². The summed E-state index contributed by atoms with van der Waals surface area (Å²) in [5.74, 6) is 0. The molecule has 120 valence electrons. The number of rotatable bonds is 6. The highest BCUT2D eigenvalue weighted by molar-refractivity contribution is 5.57. The van der Waals surface area contributed by atoms with Crippen LogP contribution in [0.3, 0.4) is 0 Å². The molecular formula is C22H27N. The fraction of sp³-hybridized carbons (Fsp3) is 0.273. The van der Waals surface area contributed by atoms with Gasteiger partial charge in [0.15, 0.2) is 0 Å². The van der Waals surface area contributed by atoms with Gasteiger partial charge in [-0.2, -0.15) is 0 Å². The number of allylic oxidation sites excluding steroid dienone is 4. The van der Waals surface area contributed by atoms with E-state index in [-0.39, 0.29) is 11.5 Å². The lowest BCUT2D eigenvalue weighted by Gasteiger charge is -2.44. The molecule has 0 heterocycles. The lowest BCUT2D eigenvalue weighted by atomic mass is 9.71. The Morgan fingerprint density at radius 1 is 1.17 bits per heavy atom. The van der Waals surface area contributed by atoms with Crippen LogP contribution in [0.2, 0.25) is 0 Å². The Labute approximate surface area is 141 Å². The number of benzene rings is 1. The van der Waals surface area contributed by atoms with Gasteiger partial charge in [0, 0.05) is 17.6 Å². The highest BCUT2D eigenvalue weighted by Gasteiger charge is 2.37.